The number of likely N-dealkylation sites (N-methyl/N-ethyl adjacent to an activating group) is 1. The van der Waals surface area contributed by atoms with Crippen LogP contribution in [0.1, 0.15) is 12.0 Å². The lowest BCUT2D eigenvalue weighted by atomic mass is 10.2. The molecule has 1 unspecified atom stereocenters. The SMILES string of the molecule is CNC(CCOc1ccc(Cl)c(C)c1)C(=O)O. The second-order valence-corrected chi connectivity index (χ2v) is 4.13. The van der Waals surface area contributed by atoms with Gasteiger partial charge in [-0.2, -0.15) is 0 Å². The first-order chi connectivity index (χ1) is 8.04. The fraction of sp³-hybridized carbons (Fsp3) is 0.417. The average molecular weight is 258 g/mol. The number of nitrogens with one attached hydrogen (secondary N) is 1. The van der Waals surface area contributed by atoms with Crippen LogP contribution in [0.15, 0.2) is 18.2 Å². The monoisotopic (exact) mass is 257 g/mol. The number of halogens is 1. The van der Waals surface area contributed by atoms with E-state index in [0.717, 1.165) is 5.56 Å². The van der Waals surface area contributed by atoms with Crippen LogP contribution < -0.4 is 10.1 Å². The van der Waals surface area contributed by atoms with Crippen molar-refractivity contribution in [2.45, 2.75) is 19.4 Å². The van der Waals surface area contributed by atoms with E-state index in [4.69, 9.17) is 21.4 Å². The minimum Gasteiger partial charge on any atom is -0.494 e. The molecule has 1 aromatic carbocycles. The molecule has 4 nitrogen and oxygen atoms in total. The Hall–Kier alpha value is -1.26. The number of aliphatic carboxylic acids is 1. The molecule has 0 saturated carbocycles. The van der Waals surface area contributed by atoms with Crippen LogP contribution in [-0.2, 0) is 4.79 Å². The quantitative estimate of drug-likeness (QED) is 0.819. The van der Waals surface area contributed by atoms with Gasteiger partial charge in [0.1, 0.15) is 11.8 Å². The van der Waals surface area contributed by atoms with Gasteiger partial charge < -0.3 is 15.2 Å². The molecule has 2 N–H and O–H groups in total. The van der Waals surface area contributed by atoms with Gasteiger partial charge in [0.2, 0.25) is 0 Å². The van der Waals surface area contributed by atoms with Crippen LogP contribution in [0.3, 0.4) is 0 Å². The van der Waals surface area contributed by atoms with Crippen LogP contribution >= 0.6 is 11.6 Å². The van der Waals surface area contributed by atoms with Gasteiger partial charge in [-0.15, -0.1) is 0 Å². The predicted molar refractivity (Wildman–Crippen MR) is 66.8 cm³/mol. The highest BCUT2D eigenvalue weighted by Crippen LogP contribution is 2.21. The number of carbonyl (C=O) groups is 1. The van der Waals surface area contributed by atoms with E-state index in [0.29, 0.717) is 23.8 Å². The third-order valence-corrected chi connectivity index (χ3v) is 2.88. The van der Waals surface area contributed by atoms with E-state index in [1.54, 1.807) is 19.2 Å². The van der Waals surface area contributed by atoms with Crippen molar-refractivity contribution < 1.29 is 14.6 Å². The topological polar surface area (TPSA) is 58.6 Å². The number of benzene rings is 1. The number of hydrogen-bond donors (Lipinski definition) is 2. The Morgan fingerprint density at radius 3 is 2.82 bits per heavy atom. The molecule has 94 valence electrons. The molecule has 0 radical (unpaired) electrons. The van der Waals surface area contributed by atoms with Crippen molar-refractivity contribution in [3.8, 4) is 5.75 Å². The van der Waals surface area contributed by atoms with E-state index in [2.05, 4.69) is 5.32 Å². The molecule has 0 spiro atoms. The van der Waals surface area contributed by atoms with E-state index < -0.39 is 12.0 Å². The Kier molecular flexibility index (Phi) is 5.25. The van der Waals surface area contributed by atoms with Gasteiger partial charge in [-0.25, -0.2) is 0 Å². The van der Waals surface area contributed by atoms with Crippen molar-refractivity contribution in [2.75, 3.05) is 13.7 Å². The second-order valence-electron chi connectivity index (χ2n) is 3.73. The Morgan fingerprint density at radius 1 is 1.59 bits per heavy atom. The van der Waals surface area contributed by atoms with E-state index in [9.17, 15) is 4.79 Å². The molecule has 0 amide bonds. The Balaban J connectivity index is 2.45. The van der Waals surface area contributed by atoms with Gasteiger partial charge in [-0.1, -0.05) is 11.6 Å². The molecule has 0 heterocycles. The maximum Gasteiger partial charge on any atom is 0.320 e. The normalized spacial score (nSPS) is 12.2. The number of carboxylic acids is 1. The summed E-state index contributed by atoms with van der Waals surface area (Å²) in [4.78, 5) is 10.7. The first kappa shape index (κ1) is 13.8. The summed E-state index contributed by atoms with van der Waals surface area (Å²) in [6.45, 7) is 2.24. The smallest absolute Gasteiger partial charge is 0.320 e. The molecular formula is C12H16ClNO3. The summed E-state index contributed by atoms with van der Waals surface area (Å²) in [6.07, 6.45) is 0.410. The van der Waals surface area contributed by atoms with E-state index in [1.807, 2.05) is 13.0 Å². The molecule has 0 aliphatic rings. The van der Waals surface area contributed by atoms with E-state index >= 15 is 0 Å². The molecule has 5 heteroatoms. The molecule has 0 fully saturated rings. The van der Waals surface area contributed by atoms with Crippen LogP contribution in [-0.4, -0.2) is 30.8 Å². The summed E-state index contributed by atoms with van der Waals surface area (Å²) in [5.41, 5.74) is 0.938. The standard InChI is InChI=1S/C12H16ClNO3/c1-8-7-9(3-4-10(8)13)17-6-5-11(14-2)12(15)16/h3-4,7,11,14H,5-6H2,1-2H3,(H,15,16). The van der Waals surface area contributed by atoms with E-state index in [1.165, 1.54) is 0 Å². The maximum atomic E-state index is 10.7. The van der Waals surface area contributed by atoms with E-state index in [-0.39, 0.29) is 0 Å². The summed E-state index contributed by atoms with van der Waals surface area (Å²) in [7, 11) is 1.62. The van der Waals surface area contributed by atoms with Crippen molar-refractivity contribution in [1.29, 1.82) is 0 Å². The van der Waals surface area contributed by atoms with Crippen LogP contribution in [0, 0.1) is 6.92 Å². The van der Waals surface area contributed by atoms with Crippen molar-refractivity contribution in [3.63, 3.8) is 0 Å². The minimum atomic E-state index is -0.872. The zero-order chi connectivity index (χ0) is 12.8. The van der Waals surface area contributed by atoms with Gasteiger partial charge >= 0.3 is 5.97 Å². The lowest BCUT2D eigenvalue weighted by Gasteiger charge is -2.12. The molecule has 0 saturated heterocycles. The Labute approximate surface area is 106 Å². The van der Waals surface area contributed by atoms with Crippen LogP contribution in [0.25, 0.3) is 0 Å². The largest absolute Gasteiger partial charge is 0.494 e. The highest BCUT2D eigenvalue weighted by atomic mass is 35.5. The van der Waals surface area contributed by atoms with Gasteiger partial charge in [0.15, 0.2) is 0 Å². The maximum absolute atomic E-state index is 10.7. The highest BCUT2D eigenvalue weighted by Gasteiger charge is 2.14. The summed E-state index contributed by atoms with van der Waals surface area (Å²) < 4.78 is 5.46. The van der Waals surface area contributed by atoms with Gasteiger partial charge in [0, 0.05) is 11.4 Å². The summed E-state index contributed by atoms with van der Waals surface area (Å²) in [5.74, 6) is -0.171. The summed E-state index contributed by atoms with van der Waals surface area (Å²) in [6, 6.07) is 4.78. The molecule has 0 aromatic heterocycles. The zero-order valence-electron chi connectivity index (χ0n) is 9.87. The van der Waals surface area contributed by atoms with Gasteiger partial charge in [-0.05, 0) is 37.7 Å². The summed E-state index contributed by atoms with van der Waals surface area (Å²) in [5, 5.41) is 12.2. The molecule has 17 heavy (non-hydrogen) atoms. The van der Waals surface area contributed by atoms with Gasteiger partial charge in [-0.3, -0.25) is 4.79 Å². The highest BCUT2D eigenvalue weighted by molar-refractivity contribution is 6.31. The lowest BCUT2D eigenvalue weighted by molar-refractivity contribution is -0.139. The zero-order valence-corrected chi connectivity index (χ0v) is 10.6. The van der Waals surface area contributed by atoms with Gasteiger partial charge in [0.25, 0.3) is 0 Å². The third kappa shape index (κ3) is 4.24. The Morgan fingerprint density at radius 2 is 2.29 bits per heavy atom. The van der Waals surface area contributed by atoms with Crippen LogP contribution in [0.4, 0.5) is 0 Å². The Bertz CT molecular complexity index is 395. The number of carboxylic acid groups (broad SMARTS) is 1. The molecule has 0 aliphatic carbocycles. The number of hydrogen-bond acceptors (Lipinski definition) is 3. The minimum absolute atomic E-state index is 0.346. The first-order valence-corrected chi connectivity index (χ1v) is 5.71. The van der Waals surface area contributed by atoms with Crippen molar-refractivity contribution in [1.82, 2.24) is 5.32 Å². The molecule has 1 rings (SSSR count). The number of aryl methyl sites for hydroxylation is 1. The fourth-order valence-corrected chi connectivity index (χ4v) is 1.51. The molecule has 1 aromatic rings. The molecule has 0 aliphatic heterocycles. The van der Waals surface area contributed by atoms with Crippen molar-refractivity contribution in [3.05, 3.63) is 28.8 Å². The van der Waals surface area contributed by atoms with Gasteiger partial charge in [0.05, 0.1) is 6.61 Å². The fourth-order valence-electron chi connectivity index (χ4n) is 1.39. The number of ether oxygens (including phenoxy) is 1. The molecule has 1 atom stereocenters. The van der Waals surface area contributed by atoms with Crippen LogP contribution in [0.2, 0.25) is 5.02 Å². The number of rotatable bonds is 6. The molecule has 0 bridgehead atoms. The van der Waals surface area contributed by atoms with Crippen LogP contribution in [0.5, 0.6) is 5.75 Å². The van der Waals surface area contributed by atoms with Crippen molar-refractivity contribution >= 4 is 17.6 Å². The third-order valence-electron chi connectivity index (χ3n) is 2.45. The van der Waals surface area contributed by atoms with Crippen molar-refractivity contribution in [2.24, 2.45) is 0 Å². The second kappa shape index (κ2) is 6.47. The average Bonchev–Trinajstić information content (AvgIpc) is 2.28. The molecular weight excluding hydrogens is 242 g/mol. The predicted octanol–water partition coefficient (Wildman–Crippen LogP) is 2.09. The first-order valence-electron chi connectivity index (χ1n) is 5.33. The summed E-state index contributed by atoms with van der Waals surface area (Å²) >= 11 is 5.89. The lowest BCUT2D eigenvalue weighted by Crippen LogP contribution is -2.35.